The summed E-state index contributed by atoms with van der Waals surface area (Å²) in [6.07, 6.45) is 1.52. The number of carbonyl (C=O) groups excluding carboxylic acids is 2. The van der Waals surface area contributed by atoms with Crippen LogP contribution in [-0.4, -0.2) is 29.8 Å². The van der Waals surface area contributed by atoms with Crippen molar-refractivity contribution in [1.82, 2.24) is 10.2 Å². The third-order valence-corrected chi connectivity index (χ3v) is 3.38. The van der Waals surface area contributed by atoms with E-state index in [-0.39, 0.29) is 18.2 Å². The molecule has 0 atom stereocenters. The standard InChI is InChI=1S/C17H19FN2O3/c1-13(21)20(12-15-6-4-10-23-15)9-8-19-17(22)11-14-5-2-3-7-16(14)18/h2-7,10H,8-9,11-12H2,1H3,(H,19,22). The lowest BCUT2D eigenvalue weighted by molar-refractivity contribution is -0.130. The molecule has 0 saturated heterocycles. The number of nitrogens with one attached hydrogen (secondary N) is 1. The van der Waals surface area contributed by atoms with Gasteiger partial charge < -0.3 is 14.6 Å². The summed E-state index contributed by atoms with van der Waals surface area (Å²) in [5, 5.41) is 2.69. The van der Waals surface area contributed by atoms with E-state index in [1.54, 1.807) is 41.5 Å². The fraction of sp³-hybridized carbons (Fsp3) is 0.294. The molecule has 0 spiro atoms. The molecule has 0 aliphatic carbocycles. The lowest BCUT2D eigenvalue weighted by Crippen LogP contribution is -2.37. The number of amides is 2. The quantitative estimate of drug-likeness (QED) is 0.850. The molecule has 0 radical (unpaired) electrons. The maximum atomic E-state index is 13.5. The van der Waals surface area contributed by atoms with Gasteiger partial charge in [0.05, 0.1) is 19.2 Å². The van der Waals surface area contributed by atoms with Gasteiger partial charge in [-0.2, -0.15) is 0 Å². The molecule has 1 N–H and O–H groups in total. The van der Waals surface area contributed by atoms with Crippen LogP contribution in [-0.2, 0) is 22.6 Å². The molecule has 23 heavy (non-hydrogen) atoms. The van der Waals surface area contributed by atoms with Gasteiger partial charge in [0, 0.05) is 20.0 Å². The molecule has 1 aromatic carbocycles. The first-order chi connectivity index (χ1) is 11.1. The maximum Gasteiger partial charge on any atom is 0.224 e. The highest BCUT2D eigenvalue weighted by atomic mass is 19.1. The first kappa shape index (κ1) is 16.7. The third kappa shape index (κ3) is 5.25. The summed E-state index contributed by atoms with van der Waals surface area (Å²) >= 11 is 0. The van der Waals surface area contributed by atoms with Crippen molar-refractivity contribution in [3.8, 4) is 0 Å². The SMILES string of the molecule is CC(=O)N(CCNC(=O)Cc1ccccc1F)Cc1ccco1. The highest BCUT2D eigenvalue weighted by Crippen LogP contribution is 2.07. The van der Waals surface area contributed by atoms with Gasteiger partial charge in [-0.25, -0.2) is 4.39 Å². The second-order valence-electron chi connectivity index (χ2n) is 5.14. The second-order valence-corrected chi connectivity index (χ2v) is 5.14. The van der Waals surface area contributed by atoms with E-state index < -0.39 is 5.82 Å². The van der Waals surface area contributed by atoms with Crippen LogP contribution in [0, 0.1) is 5.82 Å². The van der Waals surface area contributed by atoms with Gasteiger partial charge in [-0.15, -0.1) is 0 Å². The summed E-state index contributed by atoms with van der Waals surface area (Å²) in [4.78, 5) is 25.0. The Hall–Kier alpha value is -2.63. The molecular formula is C17H19FN2O3. The first-order valence-electron chi connectivity index (χ1n) is 7.34. The van der Waals surface area contributed by atoms with Gasteiger partial charge in [-0.1, -0.05) is 18.2 Å². The van der Waals surface area contributed by atoms with Crippen molar-refractivity contribution in [2.45, 2.75) is 19.9 Å². The van der Waals surface area contributed by atoms with Crippen LogP contribution in [0.3, 0.4) is 0 Å². The van der Waals surface area contributed by atoms with Gasteiger partial charge in [0.25, 0.3) is 0 Å². The number of halogens is 1. The predicted octanol–water partition coefficient (Wildman–Crippen LogP) is 2.13. The molecule has 2 amide bonds. The van der Waals surface area contributed by atoms with E-state index in [9.17, 15) is 14.0 Å². The van der Waals surface area contributed by atoms with E-state index >= 15 is 0 Å². The van der Waals surface area contributed by atoms with Gasteiger partial charge in [0.2, 0.25) is 11.8 Å². The second kappa shape index (κ2) is 8.12. The summed E-state index contributed by atoms with van der Waals surface area (Å²) in [6.45, 7) is 2.47. The molecule has 0 saturated carbocycles. The minimum absolute atomic E-state index is 0.0229. The predicted molar refractivity (Wildman–Crippen MR) is 82.9 cm³/mol. The maximum absolute atomic E-state index is 13.5. The lowest BCUT2D eigenvalue weighted by atomic mass is 10.1. The zero-order valence-corrected chi connectivity index (χ0v) is 12.9. The lowest BCUT2D eigenvalue weighted by Gasteiger charge is -2.20. The van der Waals surface area contributed by atoms with Crippen LogP contribution in [0.2, 0.25) is 0 Å². The summed E-state index contributed by atoms with van der Waals surface area (Å²) in [5.74, 6) is -0.106. The molecule has 122 valence electrons. The number of furan rings is 1. The molecule has 2 rings (SSSR count). The Labute approximate surface area is 134 Å². The van der Waals surface area contributed by atoms with Crippen LogP contribution in [0.5, 0.6) is 0 Å². The molecule has 1 aromatic heterocycles. The van der Waals surface area contributed by atoms with Gasteiger partial charge in [0.15, 0.2) is 0 Å². The molecule has 0 unspecified atom stereocenters. The summed E-state index contributed by atoms with van der Waals surface area (Å²) < 4.78 is 18.7. The summed E-state index contributed by atoms with van der Waals surface area (Å²) in [5.41, 5.74) is 0.351. The van der Waals surface area contributed by atoms with E-state index in [1.807, 2.05) is 0 Å². The van der Waals surface area contributed by atoms with Crippen LogP contribution in [0.25, 0.3) is 0 Å². The molecular weight excluding hydrogens is 299 g/mol. The monoisotopic (exact) mass is 318 g/mol. The van der Waals surface area contributed by atoms with Gasteiger partial charge in [-0.3, -0.25) is 9.59 Å². The Balaban J connectivity index is 1.79. The average molecular weight is 318 g/mol. The zero-order valence-electron chi connectivity index (χ0n) is 12.9. The van der Waals surface area contributed by atoms with Crippen LogP contribution in [0.1, 0.15) is 18.2 Å². The van der Waals surface area contributed by atoms with Gasteiger partial charge in [-0.05, 0) is 23.8 Å². The highest BCUT2D eigenvalue weighted by Gasteiger charge is 2.12. The van der Waals surface area contributed by atoms with E-state index in [4.69, 9.17) is 4.42 Å². The minimum atomic E-state index is -0.397. The van der Waals surface area contributed by atoms with Gasteiger partial charge in [0.1, 0.15) is 11.6 Å². The number of rotatable bonds is 7. The van der Waals surface area contributed by atoms with Crippen LogP contribution in [0.15, 0.2) is 47.1 Å². The van der Waals surface area contributed by atoms with E-state index in [1.165, 1.54) is 13.0 Å². The number of nitrogens with zero attached hydrogens (tertiary/aromatic N) is 1. The topological polar surface area (TPSA) is 62.6 Å². The fourth-order valence-corrected chi connectivity index (χ4v) is 2.15. The molecule has 0 fully saturated rings. The molecule has 0 bridgehead atoms. The summed E-state index contributed by atoms with van der Waals surface area (Å²) in [7, 11) is 0. The van der Waals surface area contributed by atoms with E-state index in [0.717, 1.165) is 0 Å². The third-order valence-electron chi connectivity index (χ3n) is 3.38. The Morgan fingerprint density at radius 2 is 2.00 bits per heavy atom. The summed E-state index contributed by atoms with van der Waals surface area (Å²) in [6, 6.07) is 9.70. The normalized spacial score (nSPS) is 10.3. The number of benzene rings is 1. The molecule has 1 heterocycles. The van der Waals surface area contributed by atoms with Gasteiger partial charge >= 0.3 is 0 Å². The van der Waals surface area contributed by atoms with E-state index in [2.05, 4.69) is 5.32 Å². The van der Waals surface area contributed by atoms with Crippen molar-refractivity contribution in [2.75, 3.05) is 13.1 Å². The smallest absolute Gasteiger partial charge is 0.224 e. The van der Waals surface area contributed by atoms with Crippen molar-refractivity contribution >= 4 is 11.8 Å². The fourth-order valence-electron chi connectivity index (χ4n) is 2.15. The Morgan fingerprint density at radius 1 is 1.22 bits per heavy atom. The largest absolute Gasteiger partial charge is 0.467 e. The zero-order chi connectivity index (χ0) is 16.7. The van der Waals surface area contributed by atoms with Crippen molar-refractivity contribution in [2.24, 2.45) is 0 Å². The van der Waals surface area contributed by atoms with Crippen molar-refractivity contribution in [3.05, 3.63) is 59.8 Å². The van der Waals surface area contributed by atoms with Crippen LogP contribution in [0.4, 0.5) is 4.39 Å². The Bertz CT molecular complexity index is 656. The molecule has 6 heteroatoms. The number of hydrogen-bond donors (Lipinski definition) is 1. The molecule has 2 aromatic rings. The number of carbonyl (C=O) groups is 2. The highest BCUT2D eigenvalue weighted by molar-refractivity contribution is 5.78. The minimum Gasteiger partial charge on any atom is -0.467 e. The number of hydrogen-bond acceptors (Lipinski definition) is 3. The molecule has 0 aliphatic heterocycles. The van der Waals surface area contributed by atoms with Crippen molar-refractivity contribution < 1.29 is 18.4 Å². The Kier molecular flexibility index (Phi) is 5.91. The van der Waals surface area contributed by atoms with E-state index in [0.29, 0.717) is 31.0 Å². The van der Waals surface area contributed by atoms with Crippen LogP contribution >= 0.6 is 0 Å². The molecule has 0 aliphatic rings. The van der Waals surface area contributed by atoms with Crippen molar-refractivity contribution in [3.63, 3.8) is 0 Å². The van der Waals surface area contributed by atoms with Crippen molar-refractivity contribution in [1.29, 1.82) is 0 Å². The van der Waals surface area contributed by atoms with Crippen LogP contribution < -0.4 is 5.32 Å². The molecule has 5 nitrogen and oxygen atoms in total. The first-order valence-corrected chi connectivity index (χ1v) is 7.34. The average Bonchev–Trinajstić information content (AvgIpc) is 3.01. The Morgan fingerprint density at radius 3 is 2.65 bits per heavy atom.